The summed E-state index contributed by atoms with van der Waals surface area (Å²) in [5.74, 6) is 0.179. The van der Waals surface area contributed by atoms with E-state index in [4.69, 9.17) is 0 Å². The topological polar surface area (TPSA) is 40.5 Å². The number of rotatable bonds is 3. The molecule has 0 aliphatic rings. The number of benzene rings is 1. The first-order chi connectivity index (χ1) is 9.40. The molecule has 1 atom stereocenters. The summed E-state index contributed by atoms with van der Waals surface area (Å²) < 4.78 is 1.73. The van der Waals surface area contributed by atoms with E-state index >= 15 is 0 Å². The largest absolute Gasteiger partial charge is 0.508 e. The van der Waals surface area contributed by atoms with Crippen LogP contribution in [0.15, 0.2) is 37.9 Å². The van der Waals surface area contributed by atoms with Crippen molar-refractivity contribution in [2.45, 2.75) is 13.0 Å². The van der Waals surface area contributed by atoms with Crippen LogP contribution in [-0.4, -0.2) is 23.0 Å². The number of aromatic hydroxyl groups is 1. The summed E-state index contributed by atoms with van der Waals surface area (Å²) in [5, 5.41) is 9.31. The number of amides is 1. The Hall–Kier alpha value is -0.850. The lowest BCUT2D eigenvalue weighted by atomic mass is 10.1. The van der Waals surface area contributed by atoms with Crippen LogP contribution in [-0.2, 0) is 0 Å². The smallest absolute Gasteiger partial charge is 0.256 e. The molecule has 1 aromatic heterocycles. The van der Waals surface area contributed by atoms with E-state index in [9.17, 15) is 9.90 Å². The molecule has 1 heterocycles. The maximum Gasteiger partial charge on any atom is 0.256 e. The van der Waals surface area contributed by atoms with Crippen LogP contribution in [0.25, 0.3) is 0 Å². The lowest BCUT2D eigenvalue weighted by molar-refractivity contribution is 0.0742. The zero-order chi connectivity index (χ0) is 14.9. The van der Waals surface area contributed by atoms with Gasteiger partial charge in [-0.25, -0.2) is 0 Å². The molecule has 1 aromatic carbocycles. The Morgan fingerprint density at radius 3 is 2.40 bits per heavy atom. The molecule has 3 nitrogen and oxygen atoms in total. The second-order valence-electron chi connectivity index (χ2n) is 4.42. The average Bonchev–Trinajstić information content (AvgIpc) is 2.76. The monoisotopic (exact) mass is 417 g/mol. The molecule has 106 valence electrons. The molecular formula is C14H13Br2NO2S. The average molecular weight is 419 g/mol. The Balaban J connectivity index is 2.22. The van der Waals surface area contributed by atoms with Crippen molar-refractivity contribution in [3.8, 4) is 5.75 Å². The lowest BCUT2D eigenvalue weighted by Crippen LogP contribution is -2.29. The number of nitrogens with zero attached hydrogens (tertiary/aromatic N) is 1. The highest BCUT2D eigenvalue weighted by atomic mass is 79.9. The Morgan fingerprint density at radius 2 is 1.90 bits per heavy atom. The molecule has 0 saturated carbocycles. The van der Waals surface area contributed by atoms with Crippen LogP contribution in [0.2, 0.25) is 0 Å². The van der Waals surface area contributed by atoms with Crippen molar-refractivity contribution in [1.29, 1.82) is 0 Å². The third-order valence-corrected chi connectivity index (χ3v) is 5.50. The molecule has 1 amide bonds. The maximum atomic E-state index is 12.5. The van der Waals surface area contributed by atoms with E-state index in [2.05, 4.69) is 31.9 Å². The van der Waals surface area contributed by atoms with Crippen LogP contribution >= 0.6 is 43.2 Å². The SMILES string of the molecule is CC(c1ccc(O)cc1)N(C)C(=O)c1cc(Br)sc1Br. The summed E-state index contributed by atoms with van der Waals surface area (Å²) in [6.45, 7) is 1.96. The summed E-state index contributed by atoms with van der Waals surface area (Å²) in [4.78, 5) is 14.2. The second kappa shape index (κ2) is 6.28. The van der Waals surface area contributed by atoms with Gasteiger partial charge in [-0.05, 0) is 62.5 Å². The summed E-state index contributed by atoms with van der Waals surface area (Å²) in [7, 11) is 1.78. The highest BCUT2D eigenvalue weighted by Crippen LogP contribution is 2.33. The molecule has 0 aliphatic heterocycles. The Morgan fingerprint density at radius 1 is 1.30 bits per heavy atom. The minimum Gasteiger partial charge on any atom is -0.508 e. The van der Waals surface area contributed by atoms with Crippen LogP contribution in [0.5, 0.6) is 5.75 Å². The predicted molar refractivity (Wildman–Crippen MR) is 88.3 cm³/mol. The van der Waals surface area contributed by atoms with Gasteiger partial charge in [-0.15, -0.1) is 11.3 Å². The fourth-order valence-electron chi connectivity index (χ4n) is 1.83. The van der Waals surface area contributed by atoms with Crippen LogP contribution in [0.4, 0.5) is 0 Å². The van der Waals surface area contributed by atoms with Crippen molar-refractivity contribution in [3.63, 3.8) is 0 Å². The van der Waals surface area contributed by atoms with Crippen molar-refractivity contribution in [2.75, 3.05) is 7.05 Å². The van der Waals surface area contributed by atoms with Gasteiger partial charge >= 0.3 is 0 Å². The van der Waals surface area contributed by atoms with E-state index in [0.717, 1.165) is 13.1 Å². The normalized spacial score (nSPS) is 12.2. The minimum atomic E-state index is -0.0753. The lowest BCUT2D eigenvalue weighted by Gasteiger charge is -2.25. The number of phenolic OH excluding ortho intramolecular Hbond substituents is 1. The van der Waals surface area contributed by atoms with Crippen molar-refractivity contribution in [1.82, 2.24) is 4.90 Å². The van der Waals surface area contributed by atoms with Crippen LogP contribution < -0.4 is 0 Å². The van der Waals surface area contributed by atoms with Crippen molar-refractivity contribution < 1.29 is 9.90 Å². The van der Waals surface area contributed by atoms with Gasteiger partial charge in [0.05, 0.1) is 19.2 Å². The van der Waals surface area contributed by atoms with Gasteiger partial charge in [0.2, 0.25) is 0 Å². The molecule has 0 aliphatic carbocycles. The Labute approximate surface area is 138 Å². The van der Waals surface area contributed by atoms with Gasteiger partial charge in [0.25, 0.3) is 5.91 Å². The number of phenols is 1. The summed E-state index contributed by atoms with van der Waals surface area (Å²) >= 11 is 8.27. The molecule has 6 heteroatoms. The summed E-state index contributed by atoms with van der Waals surface area (Å²) in [6.07, 6.45) is 0. The van der Waals surface area contributed by atoms with Crippen molar-refractivity contribution in [3.05, 3.63) is 49.0 Å². The number of thiophene rings is 1. The Bertz CT molecular complexity index is 625. The number of hydrogen-bond acceptors (Lipinski definition) is 3. The van der Waals surface area contributed by atoms with E-state index in [1.54, 1.807) is 24.1 Å². The highest BCUT2D eigenvalue weighted by Gasteiger charge is 2.22. The number of hydrogen-bond donors (Lipinski definition) is 1. The zero-order valence-electron chi connectivity index (χ0n) is 10.9. The first-order valence-electron chi connectivity index (χ1n) is 5.91. The first-order valence-corrected chi connectivity index (χ1v) is 8.31. The first kappa shape index (κ1) is 15.5. The van der Waals surface area contributed by atoms with Crippen molar-refractivity contribution >= 4 is 49.1 Å². The number of halogens is 2. The van der Waals surface area contributed by atoms with Gasteiger partial charge in [-0.2, -0.15) is 0 Å². The van der Waals surface area contributed by atoms with E-state index in [1.165, 1.54) is 11.3 Å². The molecule has 0 fully saturated rings. The van der Waals surface area contributed by atoms with Crippen LogP contribution in [0, 0.1) is 0 Å². The van der Waals surface area contributed by atoms with Gasteiger partial charge in [-0.1, -0.05) is 12.1 Å². The fraction of sp³-hybridized carbons (Fsp3) is 0.214. The van der Waals surface area contributed by atoms with E-state index < -0.39 is 0 Å². The number of carbonyl (C=O) groups is 1. The van der Waals surface area contributed by atoms with Gasteiger partial charge in [-0.3, -0.25) is 4.79 Å². The minimum absolute atomic E-state index is 0.0422. The van der Waals surface area contributed by atoms with Crippen LogP contribution in [0.3, 0.4) is 0 Å². The molecule has 2 aromatic rings. The molecule has 0 saturated heterocycles. The Kier molecular flexibility index (Phi) is 4.88. The molecule has 0 radical (unpaired) electrons. The number of carbonyl (C=O) groups excluding carboxylic acids is 1. The van der Waals surface area contributed by atoms with Crippen LogP contribution in [0.1, 0.15) is 28.9 Å². The molecule has 0 bridgehead atoms. The summed E-state index contributed by atoms with van der Waals surface area (Å²) in [5.41, 5.74) is 1.62. The fourth-order valence-corrected chi connectivity index (χ4v) is 4.61. The van der Waals surface area contributed by atoms with Gasteiger partial charge in [0, 0.05) is 7.05 Å². The molecule has 0 spiro atoms. The predicted octanol–water partition coefficient (Wildman–Crippen LogP) is 4.81. The molecule has 2 rings (SSSR count). The molecular weight excluding hydrogens is 406 g/mol. The highest BCUT2D eigenvalue weighted by molar-refractivity contribution is 9.12. The third kappa shape index (κ3) is 3.24. The maximum absolute atomic E-state index is 12.5. The zero-order valence-corrected chi connectivity index (χ0v) is 14.9. The molecule has 20 heavy (non-hydrogen) atoms. The standard InChI is InChI=1S/C14H13Br2NO2S/c1-8(9-3-5-10(18)6-4-9)17(2)14(19)11-7-12(15)20-13(11)16/h3-8,18H,1-2H3. The van der Waals surface area contributed by atoms with Crippen molar-refractivity contribution in [2.24, 2.45) is 0 Å². The van der Waals surface area contributed by atoms with Gasteiger partial charge < -0.3 is 10.0 Å². The van der Waals surface area contributed by atoms with E-state index in [1.807, 2.05) is 25.1 Å². The quantitative estimate of drug-likeness (QED) is 0.776. The van der Waals surface area contributed by atoms with E-state index in [0.29, 0.717) is 5.56 Å². The molecule has 1 N–H and O–H groups in total. The van der Waals surface area contributed by atoms with Gasteiger partial charge in [0.15, 0.2) is 0 Å². The van der Waals surface area contributed by atoms with Gasteiger partial charge in [0.1, 0.15) is 5.75 Å². The summed E-state index contributed by atoms with van der Waals surface area (Å²) in [6, 6.07) is 8.64. The second-order valence-corrected chi connectivity index (χ2v) is 8.17. The molecule has 1 unspecified atom stereocenters. The third-order valence-electron chi connectivity index (χ3n) is 3.16. The van der Waals surface area contributed by atoms with E-state index in [-0.39, 0.29) is 17.7 Å².